The Morgan fingerprint density at radius 2 is 1.94 bits per heavy atom. The summed E-state index contributed by atoms with van der Waals surface area (Å²) < 4.78 is 7.66. The predicted octanol–water partition coefficient (Wildman–Crippen LogP) is 3.58. The van der Waals surface area contributed by atoms with Crippen molar-refractivity contribution < 1.29 is 9.53 Å². The van der Waals surface area contributed by atoms with Crippen LogP contribution in [0.15, 0.2) is 46.9 Å². The maximum Gasteiger partial charge on any atom is 0.230 e. The number of carbonyl (C=O) groups excluding carboxylic acids is 1. The van der Waals surface area contributed by atoms with E-state index in [0.717, 1.165) is 61.5 Å². The summed E-state index contributed by atoms with van der Waals surface area (Å²) in [6.45, 7) is 4.90. The molecule has 2 aliphatic rings. The Hall–Kier alpha value is -2.20. The highest BCUT2D eigenvalue weighted by molar-refractivity contribution is 7.99. The first-order valence-corrected chi connectivity index (χ1v) is 12.9. The Bertz CT molecular complexity index is 1040. The minimum atomic E-state index is 0.0131. The molecule has 1 amide bonds. The van der Waals surface area contributed by atoms with Gasteiger partial charge in [-0.2, -0.15) is 0 Å². The van der Waals surface area contributed by atoms with E-state index in [1.165, 1.54) is 22.9 Å². The molecule has 2 aromatic heterocycles. The zero-order valence-corrected chi connectivity index (χ0v) is 19.5. The molecule has 3 heterocycles. The molecular formula is C23H27N5O2S2. The minimum Gasteiger partial charge on any atom is -0.379 e. The second-order valence-electron chi connectivity index (χ2n) is 8.11. The van der Waals surface area contributed by atoms with Crippen molar-refractivity contribution in [2.24, 2.45) is 0 Å². The van der Waals surface area contributed by atoms with Crippen LogP contribution < -0.4 is 5.32 Å². The van der Waals surface area contributed by atoms with Gasteiger partial charge in [0.15, 0.2) is 11.0 Å². The van der Waals surface area contributed by atoms with Crippen LogP contribution in [-0.4, -0.2) is 57.6 Å². The third-order valence-electron chi connectivity index (χ3n) is 5.74. The number of aromatic nitrogens is 3. The van der Waals surface area contributed by atoms with Gasteiger partial charge in [0, 0.05) is 32.2 Å². The second kappa shape index (κ2) is 10.2. The Balaban J connectivity index is 1.17. The van der Waals surface area contributed by atoms with Crippen LogP contribution in [0.4, 0.5) is 0 Å². The van der Waals surface area contributed by atoms with Gasteiger partial charge in [0.05, 0.1) is 23.8 Å². The Morgan fingerprint density at radius 1 is 1.12 bits per heavy atom. The summed E-state index contributed by atoms with van der Waals surface area (Å²) in [6.07, 6.45) is 2.30. The maximum atomic E-state index is 12.6. The number of morpholine rings is 1. The smallest absolute Gasteiger partial charge is 0.230 e. The largest absolute Gasteiger partial charge is 0.379 e. The summed E-state index contributed by atoms with van der Waals surface area (Å²) in [7, 11) is 0. The number of rotatable bonds is 9. The van der Waals surface area contributed by atoms with Gasteiger partial charge in [-0.25, -0.2) is 0 Å². The van der Waals surface area contributed by atoms with Gasteiger partial charge in [-0.15, -0.1) is 21.5 Å². The molecule has 0 bridgehead atoms. The highest BCUT2D eigenvalue weighted by Crippen LogP contribution is 2.41. The van der Waals surface area contributed by atoms with Crippen LogP contribution in [0.5, 0.6) is 0 Å². The molecule has 0 unspecified atom stereocenters. The van der Waals surface area contributed by atoms with Crippen LogP contribution >= 0.6 is 23.1 Å². The highest BCUT2D eigenvalue weighted by atomic mass is 32.2. The second-order valence-corrected chi connectivity index (χ2v) is 10.00. The Kier molecular flexibility index (Phi) is 6.87. The summed E-state index contributed by atoms with van der Waals surface area (Å²) in [5.41, 5.74) is 2.43. The molecule has 168 valence electrons. The van der Waals surface area contributed by atoms with E-state index in [1.54, 1.807) is 11.3 Å². The predicted molar refractivity (Wildman–Crippen MR) is 127 cm³/mol. The fourth-order valence-electron chi connectivity index (χ4n) is 3.87. The van der Waals surface area contributed by atoms with Crippen molar-refractivity contribution in [3.8, 4) is 10.7 Å². The first kappa shape index (κ1) is 21.6. The van der Waals surface area contributed by atoms with E-state index < -0.39 is 0 Å². The summed E-state index contributed by atoms with van der Waals surface area (Å²) in [5, 5.41) is 14.8. The van der Waals surface area contributed by atoms with Gasteiger partial charge in [-0.3, -0.25) is 14.3 Å². The molecule has 32 heavy (non-hydrogen) atoms. The Labute approximate surface area is 196 Å². The fraction of sp³-hybridized carbons (Fsp3) is 0.435. The van der Waals surface area contributed by atoms with Gasteiger partial charge in [0.2, 0.25) is 5.91 Å². The number of hydrogen-bond donors (Lipinski definition) is 1. The number of carbonyl (C=O) groups is 1. The molecule has 7 nitrogen and oxygen atoms in total. The van der Waals surface area contributed by atoms with E-state index in [4.69, 9.17) is 4.74 Å². The number of nitrogens with zero attached hydrogens (tertiary/aromatic N) is 4. The molecule has 0 atom stereocenters. The van der Waals surface area contributed by atoms with Crippen LogP contribution in [0, 0.1) is 0 Å². The molecule has 1 aliphatic carbocycles. The molecule has 1 saturated heterocycles. The van der Waals surface area contributed by atoms with Crippen LogP contribution in [0.1, 0.15) is 30.0 Å². The van der Waals surface area contributed by atoms with Gasteiger partial charge < -0.3 is 10.1 Å². The lowest BCUT2D eigenvalue weighted by atomic mass is 10.1. The lowest BCUT2D eigenvalue weighted by molar-refractivity contribution is -0.118. The standard InChI is InChI=1S/C23H27N5O2S2/c29-21(24-14-17-4-1-2-5-18(17)15-27-9-11-30-12-10-27)16-32-23-26-25-22(20-6-3-13-31-20)28(23)19-7-8-19/h1-6,13,19H,7-12,14-16H2,(H,24,29). The van der Waals surface area contributed by atoms with Gasteiger partial charge in [0.1, 0.15) is 0 Å². The van der Waals surface area contributed by atoms with E-state index in [0.29, 0.717) is 18.3 Å². The number of thioether (sulfide) groups is 1. The molecule has 5 rings (SSSR count). The van der Waals surface area contributed by atoms with Gasteiger partial charge in [-0.1, -0.05) is 42.1 Å². The molecule has 2 fully saturated rings. The van der Waals surface area contributed by atoms with E-state index in [-0.39, 0.29) is 5.91 Å². The van der Waals surface area contributed by atoms with Gasteiger partial charge in [-0.05, 0) is 35.4 Å². The van der Waals surface area contributed by atoms with Crippen molar-refractivity contribution in [3.63, 3.8) is 0 Å². The molecule has 9 heteroatoms. The number of benzene rings is 1. The third kappa shape index (κ3) is 5.23. The average Bonchev–Trinajstić information content (AvgIpc) is 3.33. The summed E-state index contributed by atoms with van der Waals surface area (Å²) in [4.78, 5) is 16.1. The fourth-order valence-corrected chi connectivity index (χ4v) is 5.41. The number of ether oxygens (including phenoxy) is 1. The van der Waals surface area contributed by atoms with Crippen molar-refractivity contribution in [3.05, 3.63) is 52.9 Å². The third-order valence-corrected chi connectivity index (χ3v) is 7.55. The summed E-state index contributed by atoms with van der Waals surface area (Å²) >= 11 is 3.14. The van der Waals surface area contributed by atoms with Crippen molar-refractivity contribution in [1.82, 2.24) is 25.0 Å². The number of thiophene rings is 1. The van der Waals surface area contributed by atoms with Crippen LogP contribution in [0.3, 0.4) is 0 Å². The molecule has 1 aliphatic heterocycles. The molecule has 1 N–H and O–H groups in total. The quantitative estimate of drug-likeness (QED) is 0.483. The van der Waals surface area contributed by atoms with Crippen LogP contribution in [-0.2, 0) is 22.6 Å². The van der Waals surface area contributed by atoms with Crippen molar-refractivity contribution in [1.29, 1.82) is 0 Å². The SMILES string of the molecule is O=C(CSc1nnc(-c2cccs2)n1C1CC1)NCc1ccccc1CN1CCOCC1. The number of amides is 1. The minimum absolute atomic E-state index is 0.0131. The zero-order valence-electron chi connectivity index (χ0n) is 17.9. The first-order valence-electron chi connectivity index (χ1n) is 11.0. The van der Waals surface area contributed by atoms with Crippen molar-refractivity contribution >= 4 is 29.0 Å². The molecular weight excluding hydrogens is 442 g/mol. The molecule has 3 aromatic rings. The highest BCUT2D eigenvalue weighted by Gasteiger charge is 2.30. The molecule has 0 radical (unpaired) electrons. The lowest BCUT2D eigenvalue weighted by Gasteiger charge is -2.27. The summed E-state index contributed by atoms with van der Waals surface area (Å²) in [5.74, 6) is 1.27. The molecule has 1 aromatic carbocycles. The normalized spacial score (nSPS) is 16.9. The topological polar surface area (TPSA) is 72.3 Å². The number of nitrogens with one attached hydrogen (secondary N) is 1. The first-order chi connectivity index (χ1) is 15.8. The van der Waals surface area contributed by atoms with Gasteiger partial charge in [0.25, 0.3) is 0 Å². The molecule has 1 saturated carbocycles. The van der Waals surface area contributed by atoms with Crippen LogP contribution in [0.2, 0.25) is 0 Å². The van der Waals surface area contributed by atoms with E-state index >= 15 is 0 Å². The van der Waals surface area contributed by atoms with Crippen molar-refractivity contribution in [2.45, 2.75) is 37.1 Å². The van der Waals surface area contributed by atoms with Crippen molar-refractivity contribution in [2.75, 3.05) is 32.1 Å². The van der Waals surface area contributed by atoms with Gasteiger partial charge >= 0.3 is 0 Å². The lowest BCUT2D eigenvalue weighted by Crippen LogP contribution is -2.36. The van der Waals surface area contributed by atoms with E-state index in [9.17, 15) is 4.79 Å². The zero-order chi connectivity index (χ0) is 21.8. The monoisotopic (exact) mass is 469 g/mol. The van der Waals surface area contributed by atoms with E-state index in [2.05, 4.69) is 54.6 Å². The van der Waals surface area contributed by atoms with E-state index in [1.807, 2.05) is 12.1 Å². The maximum absolute atomic E-state index is 12.6. The Morgan fingerprint density at radius 3 is 2.69 bits per heavy atom. The number of hydrogen-bond acceptors (Lipinski definition) is 7. The average molecular weight is 470 g/mol. The summed E-state index contributed by atoms with van der Waals surface area (Å²) in [6, 6.07) is 12.9. The van der Waals surface area contributed by atoms with Crippen LogP contribution in [0.25, 0.3) is 10.7 Å². The molecule has 0 spiro atoms.